The van der Waals surface area contributed by atoms with Gasteiger partial charge in [-0.15, -0.1) is 0 Å². The van der Waals surface area contributed by atoms with Gasteiger partial charge in [0.25, 0.3) is 5.56 Å². The third kappa shape index (κ3) is 3.43. The van der Waals surface area contributed by atoms with Gasteiger partial charge in [0.1, 0.15) is 0 Å². The molecule has 1 N–H and O–H groups in total. The molecule has 2 heterocycles. The van der Waals surface area contributed by atoms with E-state index in [1.54, 1.807) is 11.6 Å². The number of amides is 1. The standard InChI is InChI=1S/C23H22N2O2/c1-15-10-19(14-25(2)23(15)27)17-12-18(11-16-6-4-3-5-7-16)20-8-9-22(26)24-21(20)13-17/h3-7,10,12-14H,8-9,11H2,1-2H3,(H,24,26). The molecule has 1 aliphatic rings. The molecule has 27 heavy (non-hydrogen) atoms. The number of nitrogens with one attached hydrogen (secondary N) is 1. The van der Waals surface area contributed by atoms with Crippen LogP contribution in [0.2, 0.25) is 0 Å². The first-order valence-electron chi connectivity index (χ1n) is 9.18. The maximum absolute atomic E-state index is 12.0. The molecule has 0 bridgehead atoms. The monoisotopic (exact) mass is 358 g/mol. The Morgan fingerprint density at radius 2 is 1.78 bits per heavy atom. The Morgan fingerprint density at radius 3 is 2.52 bits per heavy atom. The van der Waals surface area contributed by atoms with Gasteiger partial charge in [0.15, 0.2) is 0 Å². The summed E-state index contributed by atoms with van der Waals surface area (Å²) < 4.78 is 1.61. The maximum atomic E-state index is 12.0. The first-order valence-corrected chi connectivity index (χ1v) is 9.18. The molecular formula is C23H22N2O2. The van der Waals surface area contributed by atoms with Crippen LogP contribution in [0.1, 0.15) is 28.7 Å². The molecule has 3 aromatic rings. The highest BCUT2D eigenvalue weighted by atomic mass is 16.1. The van der Waals surface area contributed by atoms with Gasteiger partial charge in [-0.05, 0) is 59.7 Å². The van der Waals surface area contributed by atoms with Crippen LogP contribution in [0.15, 0.2) is 59.5 Å². The van der Waals surface area contributed by atoms with Crippen LogP contribution in [0.4, 0.5) is 5.69 Å². The van der Waals surface area contributed by atoms with Crippen molar-refractivity contribution in [2.45, 2.75) is 26.2 Å². The average Bonchev–Trinajstić information content (AvgIpc) is 2.66. The summed E-state index contributed by atoms with van der Waals surface area (Å²) in [4.78, 5) is 24.0. The Bertz CT molecular complexity index is 1060. The molecule has 0 atom stereocenters. The average molecular weight is 358 g/mol. The molecule has 0 saturated carbocycles. The van der Waals surface area contributed by atoms with E-state index in [0.717, 1.165) is 29.7 Å². The number of benzene rings is 2. The van der Waals surface area contributed by atoms with Gasteiger partial charge in [0, 0.05) is 30.9 Å². The van der Waals surface area contributed by atoms with Crippen molar-refractivity contribution >= 4 is 11.6 Å². The summed E-state index contributed by atoms with van der Waals surface area (Å²) in [6.45, 7) is 1.83. The number of nitrogens with zero attached hydrogens (tertiary/aromatic N) is 1. The molecule has 0 radical (unpaired) electrons. The zero-order valence-corrected chi connectivity index (χ0v) is 15.6. The van der Waals surface area contributed by atoms with Gasteiger partial charge in [-0.25, -0.2) is 0 Å². The van der Waals surface area contributed by atoms with E-state index in [2.05, 4.69) is 23.5 Å². The minimum Gasteiger partial charge on any atom is -0.326 e. The van der Waals surface area contributed by atoms with E-state index >= 15 is 0 Å². The first-order chi connectivity index (χ1) is 13.0. The summed E-state index contributed by atoms with van der Waals surface area (Å²) in [6, 6.07) is 16.5. The quantitative estimate of drug-likeness (QED) is 0.773. The van der Waals surface area contributed by atoms with Gasteiger partial charge in [0.05, 0.1) is 0 Å². The van der Waals surface area contributed by atoms with Gasteiger partial charge in [-0.1, -0.05) is 36.4 Å². The van der Waals surface area contributed by atoms with Crippen molar-refractivity contribution in [3.8, 4) is 11.1 Å². The van der Waals surface area contributed by atoms with Crippen LogP contribution in [0.5, 0.6) is 0 Å². The van der Waals surface area contributed by atoms with Crippen LogP contribution < -0.4 is 10.9 Å². The number of carbonyl (C=O) groups excluding carboxylic acids is 1. The second-order valence-corrected chi connectivity index (χ2v) is 7.20. The minimum atomic E-state index is 0.00882. The van der Waals surface area contributed by atoms with Gasteiger partial charge >= 0.3 is 0 Å². The van der Waals surface area contributed by atoms with Crippen LogP contribution in [0.3, 0.4) is 0 Å². The molecule has 0 aliphatic carbocycles. The summed E-state index contributed by atoms with van der Waals surface area (Å²) in [7, 11) is 1.77. The molecule has 0 fully saturated rings. The van der Waals surface area contributed by atoms with Crippen molar-refractivity contribution in [3.05, 3.63) is 87.3 Å². The van der Waals surface area contributed by atoms with Crippen molar-refractivity contribution in [1.82, 2.24) is 4.57 Å². The van der Waals surface area contributed by atoms with Gasteiger partial charge in [-0.3, -0.25) is 9.59 Å². The van der Waals surface area contributed by atoms with Crippen molar-refractivity contribution < 1.29 is 4.79 Å². The largest absolute Gasteiger partial charge is 0.326 e. The number of anilines is 1. The van der Waals surface area contributed by atoms with Crippen molar-refractivity contribution in [3.63, 3.8) is 0 Å². The smallest absolute Gasteiger partial charge is 0.253 e. The number of fused-ring (bicyclic) bond motifs is 1. The van der Waals surface area contributed by atoms with Crippen LogP contribution in [-0.2, 0) is 24.7 Å². The van der Waals surface area contributed by atoms with Crippen LogP contribution in [0, 0.1) is 6.92 Å². The van der Waals surface area contributed by atoms with E-state index in [1.807, 2.05) is 43.5 Å². The number of aromatic nitrogens is 1. The topological polar surface area (TPSA) is 51.1 Å². The van der Waals surface area contributed by atoms with Gasteiger partial charge in [-0.2, -0.15) is 0 Å². The number of pyridine rings is 1. The third-order valence-corrected chi connectivity index (χ3v) is 5.15. The summed E-state index contributed by atoms with van der Waals surface area (Å²) in [5.74, 6) is 0.0574. The van der Waals surface area contributed by atoms with Crippen molar-refractivity contribution in [2.24, 2.45) is 7.05 Å². The second-order valence-electron chi connectivity index (χ2n) is 7.20. The van der Waals surface area contributed by atoms with E-state index in [0.29, 0.717) is 12.0 Å². The molecule has 1 aromatic heterocycles. The van der Waals surface area contributed by atoms with E-state index in [-0.39, 0.29) is 11.5 Å². The van der Waals surface area contributed by atoms with E-state index in [9.17, 15) is 9.59 Å². The normalized spacial score (nSPS) is 13.2. The lowest BCUT2D eigenvalue weighted by atomic mass is 9.89. The minimum absolute atomic E-state index is 0.00882. The number of hydrogen-bond donors (Lipinski definition) is 1. The lowest BCUT2D eigenvalue weighted by Crippen LogP contribution is -2.21. The fourth-order valence-corrected chi connectivity index (χ4v) is 3.77. The highest BCUT2D eigenvalue weighted by Gasteiger charge is 2.20. The second kappa shape index (κ2) is 6.88. The molecule has 4 rings (SSSR count). The number of hydrogen-bond acceptors (Lipinski definition) is 2. The molecule has 0 saturated heterocycles. The lowest BCUT2D eigenvalue weighted by Gasteiger charge is -2.22. The molecule has 4 heteroatoms. The molecule has 0 unspecified atom stereocenters. The third-order valence-electron chi connectivity index (χ3n) is 5.15. The Kier molecular flexibility index (Phi) is 4.40. The molecular weight excluding hydrogens is 336 g/mol. The Morgan fingerprint density at radius 1 is 1.00 bits per heavy atom. The zero-order chi connectivity index (χ0) is 19.0. The molecule has 1 aliphatic heterocycles. The first kappa shape index (κ1) is 17.3. The number of aryl methyl sites for hydroxylation is 2. The summed E-state index contributed by atoms with van der Waals surface area (Å²) in [5, 5.41) is 3.03. The van der Waals surface area contributed by atoms with E-state index < -0.39 is 0 Å². The molecule has 136 valence electrons. The SMILES string of the molecule is Cc1cc(-c2cc(Cc3ccccc3)c3c(c2)NC(=O)CC3)cn(C)c1=O. The Balaban J connectivity index is 1.86. The number of carbonyl (C=O) groups is 1. The fourth-order valence-electron chi connectivity index (χ4n) is 3.77. The predicted octanol–water partition coefficient (Wildman–Crippen LogP) is 3.84. The molecule has 4 nitrogen and oxygen atoms in total. The summed E-state index contributed by atoms with van der Waals surface area (Å²) in [5.41, 5.74) is 7.28. The fraction of sp³-hybridized carbons (Fsp3) is 0.217. The van der Waals surface area contributed by atoms with Crippen molar-refractivity contribution in [2.75, 3.05) is 5.32 Å². The maximum Gasteiger partial charge on any atom is 0.253 e. The van der Waals surface area contributed by atoms with Crippen LogP contribution >= 0.6 is 0 Å². The highest BCUT2D eigenvalue weighted by molar-refractivity contribution is 5.95. The van der Waals surface area contributed by atoms with Gasteiger partial charge < -0.3 is 9.88 Å². The van der Waals surface area contributed by atoms with Gasteiger partial charge in [0.2, 0.25) is 5.91 Å². The summed E-state index contributed by atoms with van der Waals surface area (Å²) >= 11 is 0. The molecule has 2 aromatic carbocycles. The van der Waals surface area contributed by atoms with Crippen LogP contribution in [0.25, 0.3) is 11.1 Å². The van der Waals surface area contributed by atoms with E-state index in [1.165, 1.54) is 16.7 Å². The predicted molar refractivity (Wildman–Crippen MR) is 108 cm³/mol. The van der Waals surface area contributed by atoms with Crippen molar-refractivity contribution in [1.29, 1.82) is 0 Å². The summed E-state index contributed by atoms with van der Waals surface area (Å²) in [6.07, 6.45) is 3.95. The lowest BCUT2D eigenvalue weighted by molar-refractivity contribution is -0.116. The Labute approximate surface area is 158 Å². The highest BCUT2D eigenvalue weighted by Crippen LogP contribution is 2.33. The Hall–Kier alpha value is -3.14. The molecule has 1 amide bonds. The van der Waals surface area contributed by atoms with E-state index in [4.69, 9.17) is 0 Å². The van der Waals surface area contributed by atoms with Crippen LogP contribution in [-0.4, -0.2) is 10.5 Å². The number of rotatable bonds is 3. The molecule has 0 spiro atoms. The zero-order valence-electron chi connectivity index (χ0n) is 15.6.